The van der Waals surface area contributed by atoms with Crippen LogP contribution in [-0.4, -0.2) is 45.6 Å². The lowest BCUT2D eigenvalue weighted by Crippen LogP contribution is -2.31. The van der Waals surface area contributed by atoms with Gasteiger partial charge in [-0.2, -0.15) is 10.1 Å². The average molecular weight is 449 g/mol. The number of anilines is 1. The smallest absolute Gasteiger partial charge is 0.261 e. The molecule has 33 heavy (non-hydrogen) atoms. The van der Waals surface area contributed by atoms with E-state index < -0.39 is 11.0 Å². The van der Waals surface area contributed by atoms with Crippen molar-refractivity contribution in [3.63, 3.8) is 0 Å². The first-order chi connectivity index (χ1) is 15.6. The molecule has 0 aliphatic carbocycles. The summed E-state index contributed by atoms with van der Waals surface area (Å²) >= 11 is 0. The van der Waals surface area contributed by atoms with Gasteiger partial charge in [0.05, 0.1) is 47.4 Å². The van der Waals surface area contributed by atoms with Gasteiger partial charge in [-0.3, -0.25) is 9.67 Å². The number of hydrogen-bond donors (Lipinski definition) is 2. The van der Waals surface area contributed by atoms with Crippen molar-refractivity contribution < 1.29 is 9.63 Å². The molecular formula is C23H28N8O2. The van der Waals surface area contributed by atoms with Crippen LogP contribution in [0.5, 0.6) is 0 Å². The molecule has 0 aliphatic rings. The van der Waals surface area contributed by atoms with Crippen LogP contribution in [0.15, 0.2) is 47.6 Å². The van der Waals surface area contributed by atoms with Gasteiger partial charge in [-0.1, -0.05) is 25.1 Å². The van der Waals surface area contributed by atoms with Gasteiger partial charge in [0.15, 0.2) is 5.82 Å². The van der Waals surface area contributed by atoms with Gasteiger partial charge in [0, 0.05) is 12.4 Å². The van der Waals surface area contributed by atoms with E-state index in [9.17, 15) is 5.11 Å². The summed E-state index contributed by atoms with van der Waals surface area (Å²) in [4.78, 5) is 17.6. The van der Waals surface area contributed by atoms with Crippen molar-refractivity contribution in [1.29, 1.82) is 0 Å². The molecule has 0 spiro atoms. The zero-order valence-electron chi connectivity index (χ0n) is 19.4. The molecule has 0 bridgehead atoms. The molecule has 172 valence electrons. The van der Waals surface area contributed by atoms with Gasteiger partial charge >= 0.3 is 0 Å². The third kappa shape index (κ3) is 4.61. The lowest BCUT2D eigenvalue weighted by atomic mass is 9.73. The normalized spacial score (nSPS) is 13.9. The molecular weight excluding hydrogens is 420 g/mol. The highest BCUT2D eigenvalue weighted by atomic mass is 16.5. The predicted octanol–water partition coefficient (Wildman–Crippen LogP) is 3.10. The first kappa shape index (κ1) is 22.5. The summed E-state index contributed by atoms with van der Waals surface area (Å²) in [6, 6.07) is 3.90. The van der Waals surface area contributed by atoms with Crippen molar-refractivity contribution in [3.05, 3.63) is 54.5 Å². The van der Waals surface area contributed by atoms with Crippen molar-refractivity contribution in [3.8, 4) is 22.8 Å². The van der Waals surface area contributed by atoms with Crippen molar-refractivity contribution >= 4 is 5.82 Å². The molecule has 3 N–H and O–H groups in total. The maximum atomic E-state index is 10.0. The predicted molar refractivity (Wildman–Crippen MR) is 123 cm³/mol. The van der Waals surface area contributed by atoms with E-state index in [0.717, 1.165) is 5.56 Å². The fraction of sp³-hybridized carbons (Fsp3) is 0.391. The monoisotopic (exact) mass is 448 g/mol. The molecule has 0 aromatic carbocycles. The third-order valence-corrected chi connectivity index (χ3v) is 5.77. The molecule has 0 saturated carbocycles. The Morgan fingerprint density at radius 3 is 2.39 bits per heavy atom. The minimum Gasteiger partial charge on any atom is -0.389 e. The van der Waals surface area contributed by atoms with Crippen molar-refractivity contribution in [2.45, 2.75) is 52.2 Å². The molecule has 4 rings (SSSR count). The molecule has 10 nitrogen and oxygen atoms in total. The maximum absolute atomic E-state index is 10.0. The van der Waals surface area contributed by atoms with Crippen molar-refractivity contribution in [2.24, 2.45) is 5.92 Å². The number of nitrogen functional groups attached to an aromatic ring is 1. The second-order valence-electron chi connectivity index (χ2n) is 9.28. The Morgan fingerprint density at radius 1 is 1.03 bits per heavy atom. The van der Waals surface area contributed by atoms with E-state index in [1.54, 1.807) is 37.1 Å². The molecule has 1 atom stereocenters. The van der Waals surface area contributed by atoms with Gasteiger partial charge in [-0.15, -0.1) is 0 Å². The Kier molecular flexibility index (Phi) is 5.71. The molecule has 10 heteroatoms. The van der Waals surface area contributed by atoms with E-state index in [1.807, 2.05) is 18.3 Å². The number of pyridine rings is 1. The van der Waals surface area contributed by atoms with Crippen LogP contribution in [0.2, 0.25) is 0 Å². The summed E-state index contributed by atoms with van der Waals surface area (Å²) in [7, 11) is 0. The fourth-order valence-electron chi connectivity index (χ4n) is 3.55. The molecule has 0 amide bonds. The zero-order chi connectivity index (χ0) is 23.8. The van der Waals surface area contributed by atoms with Gasteiger partial charge in [0.2, 0.25) is 0 Å². The highest BCUT2D eigenvalue weighted by molar-refractivity contribution is 5.54. The Bertz CT molecular complexity index is 1220. The lowest BCUT2D eigenvalue weighted by molar-refractivity contribution is 0.0577. The molecule has 4 aromatic heterocycles. The van der Waals surface area contributed by atoms with E-state index >= 15 is 0 Å². The van der Waals surface area contributed by atoms with E-state index in [-0.39, 0.29) is 5.92 Å². The second-order valence-corrected chi connectivity index (χ2v) is 9.28. The summed E-state index contributed by atoms with van der Waals surface area (Å²) in [5.74, 6) is 1.45. The summed E-state index contributed by atoms with van der Waals surface area (Å²) in [6.45, 7) is 10.1. The Morgan fingerprint density at radius 2 is 1.79 bits per heavy atom. The van der Waals surface area contributed by atoms with E-state index in [1.165, 1.54) is 6.20 Å². The minimum absolute atomic E-state index is 0.157. The number of hydrogen-bond acceptors (Lipinski definition) is 9. The van der Waals surface area contributed by atoms with Crippen LogP contribution in [-0.2, 0) is 12.0 Å². The van der Waals surface area contributed by atoms with Gasteiger partial charge < -0.3 is 15.4 Å². The molecule has 4 aromatic rings. The number of nitrogens with two attached hydrogens (primary N) is 1. The van der Waals surface area contributed by atoms with Crippen molar-refractivity contribution in [1.82, 2.24) is 34.9 Å². The van der Waals surface area contributed by atoms with E-state index in [4.69, 9.17) is 15.2 Å². The first-order valence-corrected chi connectivity index (χ1v) is 10.7. The largest absolute Gasteiger partial charge is 0.389 e. The average Bonchev–Trinajstić information content (AvgIpc) is 3.42. The molecule has 0 fully saturated rings. The summed E-state index contributed by atoms with van der Waals surface area (Å²) in [5.41, 5.74) is 7.20. The third-order valence-electron chi connectivity index (χ3n) is 5.77. The van der Waals surface area contributed by atoms with Crippen molar-refractivity contribution in [2.75, 3.05) is 5.73 Å². The standard InChI is InChI=1S/C23H28N8O2/c1-14(2)23(5,16-6-7-17(25-9-16)18-10-27-19(24)11-26-18)21-29-20(33-30-21)15-8-28-31(12-15)13-22(3,4)32/h6-12,14,32H,13H2,1-5H3,(H2,24,27). The first-order valence-electron chi connectivity index (χ1n) is 10.7. The summed E-state index contributed by atoms with van der Waals surface area (Å²) in [5, 5.41) is 18.6. The van der Waals surface area contributed by atoms with Crippen LogP contribution in [0.25, 0.3) is 22.8 Å². The fourth-order valence-corrected chi connectivity index (χ4v) is 3.55. The topological polar surface area (TPSA) is 142 Å². The number of rotatable bonds is 7. The van der Waals surface area contributed by atoms with Crippen LogP contribution in [0.3, 0.4) is 0 Å². The number of aromatic nitrogens is 7. The molecule has 1 unspecified atom stereocenters. The Balaban J connectivity index is 1.63. The Labute approximate surface area is 191 Å². The summed E-state index contributed by atoms with van der Waals surface area (Å²) < 4.78 is 7.25. The lowest BCUT2D eigenvalue weighted by Gasteiger charge is -2.30. The van der Waals surface area contributed by atoms with Gasteiger partial charge in [0.1, 0.15) is 11.5 Å². The summed E-state index contributed by atoms with van der Waals surface area (Å²) in [6.07, 6.45) is 8.35. The van der Waals surface area contributed by atoms with Crippen LogP contribution < -0.4 is 5.73 Å². The van der Waals surface area contributed by atoms with E-state index in [0.29, 0.717) is 41.0 Å². The van der Waals surface area contributed by atoms with Crippen LogP contribution in [0, 0.1) is 5.92 Å². The maximum Gasteiger partial charge on any atom is 0.261 e. The van der Waals surface area contributed by atoms with Crippen LogP contribution >= 0.6 is 0 Å². The SMILES string of the molecule is CC(C)C(C)(c1ccc(-c2cnc(N)cn2)nc1)c1noc(-c2cnn(CC(C)(C)O)c2)n1. The molecule has 0 saturated heterocycles. The minimum atomic E-state index is -0.878. The Hall–Kier alpha value is -3.66. The quantitative estimate of drug-likeness (QED) is 0.436. The van der Waals surface area contributed by atoms with Gasteiger partial charge in [-0.25, -0.2) is 9.97 Å². The molecule has 0 radical (unpaired) electrons. The second kappa shape index (κ2) is 8.36. The van der Waals surface area contributed by atoms with Crippen LogP contribution in [0.1, 0.15) is 46.0 Å². The molecule has 0 aliphatic heterocycles. The molecule has 4 heterocycles. The number of aliphatic hydroxyl groups is 1. The zero-order valence-corrected chi connectivity index (χ0v) is 19.4. The number of nitrogens with zero attached hydrogens (tertiary/aromatic N) is 7. The van der Waals surface area contributed by atoms with E-state index in [2.05, 4.69) is 46.0 Å². The van der Waals surface area contributed by atoms with Gasteiger partial charge in [-0.05, 0) is 38.3 Å². The highest BCUT2D eigenvalue weighted by Crippen LogP contribution is 2.38. The van der Waals surface area contributed by atoms with Gasteiger partial charge in [0.25, 0.3) is 5.89 Å². The highest BCUT2D eigenvalue weighted by Gasteiger charge is 2.38. The van der Waals surface area contributed by atoms with Crippen LogP contribution in [0.4, 0.5) is 5.82 Å².